The maximum absolute atomic E-state index is 12.7. The van der Waals surface area contributed by atoms with Crippen molar-refractivity contribution in [3.8, 4) is 6.07 Å². The summed E-state index contributed by atoms with van der Waals surface area (Å²) in [5.41, 5.74) is 1.75. The third kappa shape index (κ3) is 2.78. The lowest BCUT2D eigenvalue weighted by Gasteiger charge is -2.41. The van der Waals surface area contributed by atoms with E-state index in [0.29, 0.717) is 23.4 Å². The predicted molar refractivity (Wildman–Crippen MR) is 95.8 cm³/mol. The van der Waals surface area contributed by atoms with E-state index in [1.165, 1.54) is 0 Å². The normalized spacial score (nSPS) is 32.6. The van der Waals surface area contributed by atoms with Gasteiger partial charge in [0.1, 0.15) is 6.07 Å². The first kappa shape index (κ1) is 16.4. The van der Waals surface area contributed by atoms with Crippen molar-refractivity contribution in [2.45, 2.75) is 45.6 Å². The Hall–Kier alpha value is -2.09. The molecule has 132 valence electrons. The Morgan fingerprint density at radius 1 is 1.44 bits per heavy atom. The molecular weight excluding hydrogens is 312 g/mol. The van der Waals surface area contributed by atoms with Crippen LogP contribution in [-0.4, -0.2) is 30.0 Å². The van der Waals surface area contributed by atoms with Gasteiger partial charge in [0.25, 0.3) is 0 Å². The van der Waals surface area contributed by atoms with E-state index < -0.39 is 0 Å². The molecule has 2 aliphatic carbocycles. The number of anilines is 1. The molecule has 1 aromatic heterocycles. The molecule has 0 spiro atoms. The summed E-state index contributed by atoms with van der Waals surface area (Å²) in [4.78, 5) is 19.1. The molecule has 3 fully saturated rings. The number of nitriles is 1. The van der Waals surface area contributed by atoms with Gasteiger partial charge in [0.15, 0.2) is 0 Å². The van der Waals surface area contributed by atoms with Gasteiger partial charge in [-0.3, -0.25) is 9.78 Å². The van der Waals surface area contributed by atoms with Gasteiger partial charge in [-0.05, 0) is 36.7 Å². The number of rotatable bonds is 3. The topological polar surface area (TPSA) is 69.0 Å². The maximum Gasteiger partial charge on any atom is 0.223 e. The summed E-state index contributed by atoms with van der Waals surface area (Å²) in [6.07, 6.45) is 7.78. The van der Waals surface area contributed by atoms with E-state index in [-0.39, 0.29) is 17.2 Å². The van der Waals surface area contributed by atoms with Gasteiger partial charge >= 0.3 is 0 Å². The van der Waals surface area contributed by atoms with Gasteiger partial charge in [0, 0.05) is 43.4 Å². The van der Waals surface area contributed by atoms with Gasteiger partial charge in [-0.2, -0.15) is 5.26 Å². The van der Waals surface area contributed by atoms with Gasteiger partial charge in [0.2, 0.25) is 5.91 Å². The maximum atomic E-state index is 12.7. The van der Waals surface area contributed by atoms with Crippen LogP contribution in [0.1, 0.15) is 45.1 Å². The number of carbonyl (C=O) groups excluding carboxylic acids is 1. The lowest BCUT2D eigenvalue weighted by molar-refractivity contribution is -0.129. The molecule has 0 bridgehead atoms. The number of hydrogen-bond donors (Lipinski definition) is 1. The molecule has 1 aliphatic heterocycles. The fourth-order valence-corrected chi connectivity index (χ4v) is 5.11. The van der Waals surface area contributed by atoms with Crippen molar-refractivity contribution in [1.82, 2.24) is 10.3 Å². The second-order valence-electron chi connectivity index (χ2n) is 8.62. The Kier molecular flexibility index (Phi) is 3.94. The molecule has 3 aliphatic rings. The number of amides is 1. The summed E-state index contributed by atoms with van der Waals surface area (Å²) >= 11 is 0. The Morgan fingerprint density at radius 2 is 2.28 bits per heavy atom. The summed E-state index contributed by atoms with van der Waals surface area (Å²) < 4.78 is 0. The fourth-order valence-electron chi connectivity index (χ4n) is 5.11. The quantitative estimate of drug-likeness (QED) is 0.920. The highest BCUT2D eigenvalue weighted by Gasteiger charge is 2.49. The van der Waals surface area contributed by atoms with Crippen LogP contribution in [0.15, 0.2) is 18.5 Å². The third-order valence-corrected chi connectivity index (χ3v) is 6.73. The number of nitrogens with one attached hydrogen (secondary N) is 1. The number of nitrogens with zero attached hydrogens (tertiary/aromatic N) is 3. The van der Waals surface area contributed by atoms with Crippen molar-refractivity contribution in [3.05, 3.63) is 24.0 Å². The highest BCUT2D eigenvalue weighted by Crippen LogP contribution is 2.45. The molecule has 0 aromatic carbocycles. The van der Waals surface area contributed by atoms with Crippen LogP contribution >= 0.6 is 0 Å². The summed E-state index contributed by atoms with van der Waals surface area (Å²) in [7, 11) is 0. The van der Waals surface area contributed by atoms with Gasteiger partial charge in [-0.25, -0.2) is 0 Å². The lowest BCUT2D eigenvalue weighted by atomic mass is 9.71. The average Bonchev–Trinajstić information content (AvgIpc) is 3.12. The predicted octanol–water partition coefficient (Wildman–Crippen LogP) is 2.72. The largest absolute Gasteiger partial charge is 0.370 e. The fraction of sp³-hybridized carbons (Fsp3) is 0.650. The van der Waals surface area contributed by atoms with E-state index in [1.54, 1.807) is 12.4 Å². The second kappa shape index (κ2) is 6.01. The molecule has 4 unspecified atom stereocenters. The van der Waals surface area contributed by atoms with Crippen molar-refractivity contribution < 1.29 is 4.79 Å². The smallest absolute Gasteiger partial charge is 0.223 e. The molecule has 2 heterocycles. The highest BCUT2D eigenvalue weighted by atomic mass is 16.2. The van der Waals surface area contributed by atoms with Crippen molar-refractivity contribution >= 4 is 11.6 Å². The molecule has 5 nitrogen and oxygen atoms in total. The molecule has 1 amide bonds. The number of carbonyl (C=O) groups is 1. The first-order chi connectivity index (χ1) is 12.0. The number of hydrogen-bond acceptors (Lipinski definition) is 4. The molecule has 4 rings (SSSR count). The molecule has 1 N–H and O–H groups in total. The SMILES string of the molecule is CC1(C)CCCC1C(=O)NC1CC2CN(c3ccncc3C#N)CC21. The lowest BCUT2D eigenvalue weighted by Crippen LogP contribution is -2.54. The van der Waals surface area contributed by atoms with Crippen LogP contribution in [0.4, 0.5) is 5.69 Å². The van der Waals surface area contributed by atoms with Crippen molar-refractivity contribution in [2.24, 2.45) is 23.2 Å². The van der Waals surface area contributed by atoms with Gasteiger partial charge in [-0.1, -0.05) is 20.3 Å². The van der Waals surface area contributed by atoms with Crippen LogP contribution in [0.5, 0.6) is 0 Å². The zero-order chi connectivity index (χ0) is 17.6. The Balaban J connectivity index is 1.40. The number of pyridine rings is 1. The Morgan fingerprint density at radius 3 is 3.00 bits per heavy atom. The van der Waals surface area contributed by atoms with E-state index in [9.17, 15) is 10.1 Å². The summed E-state index contributed by atoms with van der Waals surface area (Å²) in [5, 5.41) is 12.6. The van der Waals surface area contributed by atoms with Crippen molar-refractivity contribution in [1.29, 1.82) is 5.26 Å². The van der Waals surface area contributed by atoms with Crippen molar-refractivity contribution in [3.63, 3.8) is 0 Å². The molecule has 25 heavy (non-hydrogen) atoms. The van der Waals surface area contributed by atoms with Gasteiger partial charge in [-0.15, -0.1) is 0 Å². The van der Waals surface area contributed by atoms with Crippen LogP contribution < -0.4 is 10.2 Å². The van der Waals surface area contributed by atoms with Gasteiger partial charge < -0.3 is 10.2 Å². The molecule has 1 saturated heterocycles. The molecule has 2 saturated carbocycles. The van der Waals surface area contributed by atoms with Crippen LogP contribution in [0, 0.1) is 34.5 Å². The van der Waals surface area contributed by atoms with Crippen molar-refractivity contribution in [2.75, 3.05) is 18.0 Å². The minimum Gasteiger partial charge on any atom is -0.370 e. The second-order valence-corrected chi connectivity index (χ2v) is 8.62. The van der Waals surface area contributed by atoms with Crippen LogP contribution in [-0.2, 0) is 4.79 Å². The highest BCUT2D eigenvalue weighted by molar-refractivity contribution is 5.80. The zero-order valence-electron chi connectivity index (χ0n) is 15.0. The first-order valence-corrected chi connectivity index (χ1v) is 9.39. The molecule has 0 radical (unpaired) electrons. The zero-order valence-corrected chi connectivity index (χ0v) is 15.0. The molecule has 1 aromatic rings. The number of fused-ring (bicyclic) bond motifs is 1. The van der Waals surface area contributed by atoms with Crippen LogP contribution in [0.2, 0.25) is 0 Å². The minimum atomic E-state index is 0.133. The van der Waals surface area contributed by atoms with Gasteiger partial charge in [0.05, 0.1) is 11.3 Å². The molecule has 4 atom stereocenters. The third-order valence-electron chi connectivity index (χ3n) is 6.73. The van der Waals surface area contributed by atoms with Crippen LogP contribution in [0.3, 0.4) is 0 Å². The Bertz CT molecular complexity index is 723. The van der Waals surface area contributed by atoms with E-state index in [1.807, 2.05) is 6.07 Å². The summed E-state index contributed by atoms with van der Waals surface area (Å²) in [6.45, 7) is 6.34. The van der Waals surface area contributed by atoms with E-state index in [2.05, 4.69) is 35.1 Å². The summed E-state index contributed by atoms with van der Waals surface area (Å²) in [6, 6.07) is 4.46. The minimum absolute atomic E-state index is 0.133. The van der Waals surface area contributed by atoms with E-state index >= 15 is 0 Å². The monoisotopic (exact) mass is 338 g/mol. The summed E-state index contributed by atoms with van der Waals surface area (Å²) in [5.74, 6) is 1.55. The number of aromatic nitrogens is 1. The average molecular weight is 338 g/mol. The van der Waals surface area contributed by atoms with Crippen LogP contribution in [0.25, 0.3) is 0 Å². The Labute approximate surface area is 149 Å². The van der Waals surface area contributed by atoms with E-state index in [4.69, 9.17) is 0 Å². The first-order valence-electron chi connectivity index (χ1n) is 9.39. The molecule has 5 heteroatoms. The molecular formula is C20H26N4O. The van der Waals surface area contributed by atoms with E-state index in [0.717, 1.165) is 44.5 Å². The standard InChI is InChI=1S/C20H26N4O/c1-20(2)6-3-4-16(20)19(25)23-17-8-13-11-24(12-15(13)17)18-5-7-22-10-14(18)9-21/h5,7,10,13,15-17H,3-4,6,8,11-12H2,1-2H3,(H,23,25).